The van der Waals surface area contributed by atoms with Crippen LogP contribution in [0.4, 0.5) is 0 Å². The fourth-order valence-corrected chi connectivity index (χ4v) is 3.70. The Morgan fingerprint density at radius 1 is 1.33 bits per heavy atom. The highest BCUT2D eigenvalue weighted by Crippen LogP contribution is 2.31. The van der Waals surface area contributed by atoms with Gasteiger partial charge in [-0.3, -0.25) is 4.98 Å². The molecule has 2 aromatic heterocycles. The Labute approximate surface area is 144 Å². The smallest absolute Gasteiger partial charge is 0.131 e. The molecular formula is C18H18N2O3S. The molecule has 1 aromatic carbocycles. The van der Waals surface area contributed by atoms with Crippen LogP contribution in [-0.4, -0.2) is 23.7 Å². The maximum Gasteiger partial charge on any atom is 0.131 e. The SMILES string of the molecule is COc1ccc2c(OCc3csc([C@H]4CCCO4)n3)ccnc2c1. The molecule has 1 saturated heterocycles. The van der Waals surface area contributed by atoms with E-state index in [4.69, 9.17) is 14.2 Å². The number of thiazole rings is 1. The Morgan fingerprint density at radius 3 is 3.12 bits per heavy atom. The lowest BCUT2D eigenvalue weighted by molar-refractivity contribution is 0.111. The first-order chi connectivity index (χ1) is 11.8. The van der Waals surface area contributed by atoms with E-state index < -0.39 is 0 Å². The molecule has 3 heterocycles. The van der Waals surface area contributed by atoms with Crippen LogP contribution in [0.15, 0.2) is 35.8 Å². The highest BCUT2D eigenvalue weighted by Gasteiger charge is 2.21. The van der Waals surface area contributed by atoms with Crippen LogP contribution in [0.1, 0.15) is 29.6 Å². The molecule has 6 heteroatoms. The number of aromatic nitrogens is 2. The van der Waals surface area contributed by atoms with Gasteiger partial charge in [-0.1, -0.05) is 0 Å². The van der Waals surface area contributed by atoms with Crippen molar-refractivity contribution in [3.8, 4) is 11.5 Å². The van der Waals surface area contributed by atoms with Crippen LogP contribution >= 0.6 is 11.3 Å². The fourth-order valence-electron chi connectivity index (χ4n) is 2.82. The molecule has 0 unspecified atom stereocenters. The summed E-state index contributed by atoms with van der Waals surface area (Å²) in [6.45, 7) is 1.27. The van der Waals surface area contributed by atoms with E-state index in [9.17, 15) is 0 Å². The maximum absolute atomic E-state index is 5.98. The first-order valence-electron chi connectivity index (χ1n) is 7.95. The molecule has 1 fully saturated rings. The molecule has 0 aliphatic carbocycles. The summed E-state index contributed by atoms with van der Waals surface area (Å²) in [5.41, 5.74) is 1.79. The van der Waals surface area contributed by atoms with Gasteiger partial charge in [-0.05, 0) is 31.0 Å². The van der Waals surface area contributed by atoms with E-state index in [0.717, 1.165) is 52.6 Å². The Morgan fingerprint density at radius 2 is 2.29 bits per heavy atom. The summed E-state index contributed by atoms with van der Waals surface area (Å²) in [6, 6.07) is 7.66. The summed E-state index contributed by atoms with van der Waals surface area (Å²) in [4.78, 5) is 9.02. The van der Waals surface area contributed by atoms with Gasteiger partial charge < -0.3 is 14.2 Å². The number of ether oxygens (including phenoxy) is 3. The summed E-state index contributed by atoms with van der Waals surface area (Å²) >= 11 is 1.65. The van der Waals surface area contributed by atoms with Gasteiger partial charge in [-0.15, -0.1) is 11.3 Å². The largest absolute Gasteiger partial charge is 0.497 e. The van der Waals surface area contributed by atoms with Gasteiger partial charge in [0.2, 0.25) is 0 Å². The zero-order valence-corrected chi connectivity index (χ0v) is 14.2. The highest BCUT2D eigenvalue weighted by molar-refractivity contribution is 7.09. The Hall–Kier alpha value is -2.18. The van der Waals surface area contributed by atoms with Crippen molar-refractivity contribution >= 4 is 22.2 Å². The number of methoxy groups -OCH3 is 1. The number of rotatable bonds is 5. The molecule has 0 saturated carbocycles. The molecule has 3 aromatic rings. The van der Waals surface area contributed by atoms with E-state index >= 15 is 0 Å². The van der Waals surface area contributed by atoms with Gasteiger partial charge in [0, 0.05) is 29.6 Å². The van der Waals surface area contributed by atoms with Crippen molar-refractivity contribution in [2.75, 3.05) is 13.7 Å². The normalized spacial score (nSPS) is 17.3. The average Bonchev–Trinajstić information content (AvgIpc) is 3.30. The summed E-state index contributed by atoms with van der Waals surface area (Å²) in [5.74, 6) is 1.59. The molecule has 0 bridgehead atoms. The summed E-state index contributed by atoms with van der Waals surface area (Å²) in [6.07, 6.45) is 4.08. The molecule has 124 valence electrons. The van der Waals surface area contributed by atoms with E-state index in [-0.39, 0.29) is 6.10 Å². The number of benzene rings is 1. The average molecular weight is 342 g/mol. The highest BCUT2D eigenvalue weighted by atomic mass is 32.1. The van der Waals surface area contributed by atoms with Crippen LogP contribution in [-0.2, 0) is 11.3 Å². The molecule has 24 heavy (non-hydrogen) atoms. The minimum atomic E-state index is 0.165. The summed E-state index contributed by atoms with van der Waals surface area (Å²) < 4.78 is 16.9. The van der Waals surface area contributed by atoms with Crippen LogP contribution in [0.5, 0.6) is 11.5 Å². The van der Waals surface area contributed by atoms with Crippen LogP contribution in [0.2, 0.25) is 0 Å². The minimum Gasteiger partial charge on any atom is -0.497 e. The standard InChI is InChI=1S/C18H18N2O3S/c1-21-13-4-5-14-15(9-13)19-7-6-16(14)23-10-12-11-24-18(20-12)17-3-2-8-22-17/h4-7,9,11,17H,2-3,8,10H2,1H3/t17-/m1/s1. The molecule has 5 nitrogen and oxygen atoms in total. The lowest BCUT2D eigenvalue weighted by Gasteiger charge is -2.09. The maximum atomic E-state index is 5.98. The fraction of sp³-hybridized carbons (Fsp3) is 0.333. The van der Waals surface area contributed by atoms with E-state index in [0.29, 0.717) is 6.61 Å². The first-order valence-corrected chi connectivity index (χ1v) is 8.83. The van der Waals surface area contributed by atoms with Gasteiger partial charge in [0.25, 0.3) is 0 Å². The zero-order chi connectivity index (χ0) is 16.4. The monoisotopic (exact) mass is 342 g/mol. The third-order valence-corrected chi connectivity index (χ3v) is 5.05. The lowest BCUT2D eigenvalue weighted by atomic mass is 10.2. The van der Waals surface area contributed by atoms with Gasteiger partial charge in [-0.25, -0.2) is 4.98 Å². The topological polar surface area (TPSA) is 53.5 Å². The van der Waals surface area contributed by atoms with E-state index in [1.54, 1.807) is 24.6 Å². The Kier molecular flexibility index (Phi) is 4.32. The van der Waals surface area contributed by atoms with E-state index in [2.05, 4.69) is 9.97 Å². The van der Waals surface area contributed by atoms with Crippen molar-refractivity contribution in [2.24, 2.45) is 0 Å². The predicted octanol–water partition coefficient (Wildman–Crippen LogP) is 4.13. The molecule has 4 rings (SSSR count). The van der Waals surface area contributed by atoms with Crippen LogP contribution in [0, 0.1) is 0 Å². The van der Waals surface area contributed by atoms with Crippen molar-refractivity contribution in [2.45, 2.75) is 25.6 Å². The van der Waals surface area contributed by atoms with E-state index in [1.807, 2.05) is 29.6 Å². The molecular weight excluding hydrogens is 324 g/mol. The van der Waals surface area contributed by atoms with Gasteiger partial charge in [0.05, 0.1) is 18.3 Å². The number of nitrogens with zero attached hydrogens (tertiary/aromatic N) is 2. The quantitative estimate of drug-likeness (QED) is 0.698. The van der Waals surface area contributed by atoms with Crippen LogP contribution in [0.3, 0.4) is 0 Å². The zero-order valence-electron chi connectivity index (χ0n) is 13.4. The van der Waals surface area contributed by atoms with Crippen molar-refractivity contribution < 1.29 is 14.2 Å². The second-order valence-corrected chi connectivity index (χ2v) is 6.55. The molecule has 0 spiro atoms. The molecule has 0 amide bonds. The predicted molar refractivity (Wildman–Crippen MR) is 92.7 cm³/mol. The van der Waals surface area contributed by atoms with Crippen molar-refractivity contribution in [1.82, 2.24) is 9.97 Å². The van der Waals surface area contributed by atoms with Gasteiger partial charge in [0.15, 0.2) is 0 Å². The lowest BCUT2D eigenvalue weighted by Crippen LogP contribution is -1.99. The Balaban J connectivity index is 1.50. The van der Waals surface area contributed by atoms with Crippen molar-refractivity contribution in [3.63, 3.8) is 0 Å². The molecule has 0 N–H and O–H groups in total. The van der Waals surface area contributed by atoms with Gasteiger partial charge in [0.1, 0.15) is 29.2 Å². The van der Waals surface area contributed by atoms with E-state index in [1.165, 1.54) is 0 Å². The Bertz CT molecular complexity index is 843. The molecule has 1 atom stereocenters. The number of hydrogen-bond donors (Lipinski definition) is 0. The van der Waals surface area contributed by atoms with Crippen molar-refractivity contribution in [1.29, 1.82) is 0 Å². The van der Waals surface area contributed by atoms with Crippen LogP contribution in [0.25, 0.3) is 10.9 Å². The minimum absolute atomic E-state index is 0.165. The number of hydrogen-bond acceptors (Lipinski definition) is 6. The molecule has 1 aliphatic rings. The molecule has 1 aliphatic heterocycles. The van der Waals surface area contributed by atoms with Gasteiger partial charge >= 0.3 is 0 Å². The second-order valence-electron chi connectivity index (χ2n) is 5.66. The molecule has 0 radical (unpaired) electrons. The summed E-state index contributed by atoms with van der Waals surface area (Å²) in [5, 5.41) is 4.06. The number of fused-ring (bicyclic) bond motifs is 1. The third-order valence-electron chi connectivity index (χ3n) is 4.06. The first kappa shape index (κ1) is 15.4. The summed E-state index contributed by atoms with van der Waals surface area (Å²) in [7, 11) is 1.65. The third kappa shape index (κ3) is 3.07. The van der Waals surface area contributed by atoms with Crippen molar-refractivity contribution in [3.05, 3.63) is 46.5 Å². The van der Waals surface area contributed by atoms with Crippen LogP contribution < -0.4 is 9.47 Å². The second kappa shape index (κ2) is 6.75. The number of pyridine rings is 1. The van der Waals surface area contributed by atoms with Gasteiger partial charge in [-0.2, -0.15) is 0 Å².